The van der Waals surface area contributed by atoms with E-state index in [1.807, 2.05) is 42.5 Å². The van der Waals surface area contributed by atoms with E-state index < -0.39 is 30.3 Å². The van der Waals surface area contributed by atoms with Gasteiger partial charge in [0.1, 0.15) is 16.1 Å². The molecule has 0 saturated carbocycles. The molecule has 1 aliphatic heterocycles. The number of amides is 1. The number of carbonyl (C=O) groups excluding carboxylic acids is 1. The zero-order chi connectivity index (χ0) is 25.1. The summed E-state index contributed by atoms with van der Waals surface area (Å²) in [5, 5.41) is 23.3. The fourth-order valence-corrected chi connectivity index (χ4v) is 4.87. The third-order valence-corrected chi connectivity index (χ3v) is 6.53. The van der Waals surface area contributed by atoms with Gasteiger partial charge in [0.2, 0.25) is 0 Å². The van der Waals surface area contributed by atoms with Crippen molar-refractivity contribution in [1.82, 2.24) is 14.7 Å². The second-order valence-electron chi connectivity index (χ2n) is 7.45. The van der Waals surface area contributed by atoms with E-state index >= 15 is 0 Å². The van der Waals surface area contributed by atoms with Crippen LogP contribution in [0.2, 0.25) is 0 Å². The zero-order valence-corrected chi connectivity index (χ0v) is 20.0. The molecule has 1 atom stereocenters. The third-order valence-electron chi connectivity index (χ3n) is 5.20. The van der Waals surface area contributed by atoms with Crippen molar-refractivity contribution >= 4 is 52.2 Å². The number of rotatable bonds is 8. The molecule has 35 heavy (non-hydrogen) atoms. The fourth-order valence-electron chi connectivity index (χ4n) is 3.52. The van der Waals surface area contributed by atoms with Crippen LogP contribution in [-0.4, -0.2) is 60.2 Å². The lowest BCUT2D eigenvalue weighted by Gasteiger charge is -2.21. The van der Waals surface area contributed by atoms with Crippen molar-refractivity contribution in [3.8, 4) is 22.7 Å². The highest BCUT2D eigenvalue weighted by Gasteiger charge is 2.41. The molecule has 11 heteroatoms. The number of hydrogen-bond donors (Lipinski definition) is 2. The second-order valence-corrected chi connectivity index (χ2v) is 9.12. The van der Waals surface area contributed by atoms with Crippen LogP contribution in [0.1, 0.15) is 12.0 Å². The molecule has 0 spiro atoms. The molecular weight excluding hydrogens is 490 g/mol. The molecule has 4 rings (SSSR count). The standard InChI is InChI=1S/C24H19N3O6S2/c1-33-17-9-7-14(8-10-17)21-15(13-26(25-21)16-5-3-2-4-6-16)11-19-22(30)27(24(34)35-19)18(23(31)32)12-20(28)29/h2-11,13,18H,12H2,1H3,(H,28,29)(H,31,32)/b19-11-. The van der Waals surface area contributed by atoms with Crippen LogP contribution in [0.4, 0.5) is 0 Å². The van der Waals surface area contributed by atoms with Crippen LogP contribution in [0.25, 0.3) is 23.0 Å². The van der Waals surface area contributed by atoms with Crippen molar-refractivity contribution in [1.29, 1.82) is 0 Å². The molecule has 0 aliphatic carbocycles. The van der Waals surface area contributed by atoms with Crippen LogP contribution in [-0.2, 0) is 14.4 Å². The zero-order valence-electron chi connectivity index (χ0n) is 18.3. The van der Waals surface area contributed by atoms with Crippen LogP contribution in [0, 0.1) is 0 Å². The molecule has 2 aromatic carbocycles. The average molecular weight is 510 g/mol. The van der Waals surface area contributed by atoms with Crippen molar-refractivity contribution in [3.05, 3.63) is 71.3 Å². The van der Waals surface area contributed by atoms with Gasteiger partial charge in [-0.1, -0.05) is 42.2 Å². The van der Waals surface area contributed by atoms with Crippen LogP contribution in [0.15, 0.2) is 65.7 Å². The summed E-state index contributed by atoms with van der Waals surface area (Å²) in [6.07, 6.45) is 2.58. The lowest BCUT2D eigenvalue weighted by Crippen LogP contribution is -2.45. The van der Waals surface area contributed by atoms with Crippen molar-refractivity contribution in [2.24, 2.45) is 0 Å². The Morgan fingerprint density at radius 2 is 1.83 bits per heavy atom. The van der Waals surface area contributed by atoms with E-state index in [1.165, 1.54) is 0 Å². The quantitative estimate of drug-likeness (QED) is 0.346. The van der Waals surface area contributed by atoms with E-state index in [9.17, 15) is 19.5 Å². The van der Waals surface area contributed by atoms with E-state index in [-0.39, 0.29) is 9.23 Å². The van der Waals surface area contributed by atoms with Crippen LogP contribution in [0.5, 0.6) is 5.75 Å². The summed E-state index contributed by atoms with van der Waals surface area (Å²) < 4.78 is 6.89. The van der Waals surface area contributed by atoms with E-state index in [2.05, 4.69) is 0 Å². The molecule has 1 fully saturated rings. The molecule has 0 radical (unpaired) electrons. The Labute approximate surface area is 209 Å². The first kappa shape index (κ1) is 24.2. The number of aliphatic carboxylic acids is 2. The number of nitrogens with zero attached hydrogens (tertiary/aromatic N) is 3. The Morgan fingerprint density at radius 3 is 2.43 bits per heavy atom. The van der Waals surface area contributed by atoms with Gasteiger partial charge in [-0.05, 0) is 42.5 Å². The predicted octanol–water partition coefficient (Wildman–Crippen LogP) is 3.68. The first-order chi connectivity index (χ1) is 16.8. The molecule has 1 aromatic heterocycles. The molecule has 9 nitrogen and oxygen atoms in total. The van der Waals surface area contributed by atoms with Gasteiger partial charge in [0.05, 0.1) is 29.8 Å². The van der Waals surface area contributed by atoms with E-state index in [1.54, 1.807) is 36.2 Å². The Hall–Kier alpha value is -3.96. The SMILES string of the molecule is COc1ccc(-c2nn(-c3ccccc3)cc2/C=C2\SC(=S)N(C(CC(=O)O)C(=O)O)C2=O)cc1. The number of thioether (sulfide) groups is 1. The summed E-state index contributed by atoms with van der Waals surface area (Å²) in [7, 11) is 1.57. The van der Waals surface area contributed by atoms with E-state index in [0.717, 1.165) is 27.9 Å². The van der Waals surface area contributed by atoms with Crippen molar-refractivity contribution in [3.63, 3.8) is 0 Å². The molecule has 1 unspecified atom stereocenters. The Morgan fingerprint density at radius 1 is 1.14 bits per heavy atom. The summed E-state index contributed by atoms with van der Waals surface area (Å²) in [6, 6.07) is 15.1. The maximum absolute atomic E-state index is 13.1. The monoisotopic (exact) mass is 509 g/mol. The molecule has 1 saturated heterocycles. The highest BCUT2D eigenvalue weighted by atomic mass is 32.2. The maximum atomic E-state index is 13.1. The number of hydrogen-bond acceptors (Lipinski definition) is 7. The van der Waals surface area contributed by atoms with Gasteiger partial charge in [0.25, 0.3) is 5.91 Å². The number of carboxylic acids is 2. The molecule has 2 N–H and O–H groups in total. The Balaban J connectivity index is 1.77. The first-order valence-corrected chi connectivity index (χ1v) is 11.5. The highest BCUT2D eigenvalue weighted by molar-refractivity contribution is 8.26. The number of benzene rings is 2. The number of methoxy groups -OCH3 is 1. The van der Waals surface area contributed by atoms with Gasteiger partial charge in [-0.25, -0.2) is 9.48 Å². The topological polar surface area (TPSA) is 122 Å². The smallest absolute Gasteiger partial charge is 0.327 e. The van der Waals surface area contributed by atoms with Gasteiger partial charge in [-0.3, -0.25) is 14.5 Å². The normalized spacial score (nSPS) is 15.5. The van der Waals surface area contributed by atoms with Gasteiger partial charge in [-0.2, -0.15) is 5.10 Å². The van der Waals surface area contributed by atoms with Crippen molar-refractivity contribution < 1.29 is 29.3 Å². The number of carboxylic acid groups (broad SMARTS) is 2. The molecule has 1 amide bonds. The predicted molar refractivity (Wildman–Crippen MR) is 134 cm³/mol. The summed E-state index contributed by atoms with van der Waals surface area (Å²) in [5.41, 5.74) is 2.77. The summed E-state index contributed by atoms with van der Waals surface area (Å²) in [6.45, 7) is 0. The van der Waals surface area contributed by atoms with Gasteiger partial charge in [0.15, 0.2) is 0 Å². The number of carbonyl (C=O) groups is 3. The van der Waals surface area contributed by atoms with Gasteiger partial charge in [0, 0.05) is 17.3 Å². The van der Waals surface area contributed by atoms with Gasteiger partial charge < -0.3 is 14.9 Å². The van der Waals surface area contributed by atoms with Crippen LogP contribution in [0.3, 0.4) is 0 Å². The van der Waals surface area contributed by atoms with Crippen molar-refractivity contribution in [2.75, 3.05) is 7.11 Å². The number of thiocarbonyl (C=S) groups is 1. The molecule has 1 aliphatic rings. The summed E-state index contributed by atoms with van der Waals surface area (Å²) in [5.74, 6) is -2.78. The number of aromatic nitrogens is 2. The van der Waals surface area contributed by atoms with Crippen molar-refractivity contribution in [2.45, 2.75) is 12.5 Å². The van der Waals surface area contributed by atoms with Crippen LogP contribution < -0.4 is 4.74 Å². The largest absolute Gasteiger partial charge is 0.497 e. The minimum absolute atomic E-state index is 0.0173. The molecule has 178 valence electrons. The highest BCUT2D eigenvalue weighted by Crippen LogP contribution is 2.36. The first-order valence-electron chi connectivity index (χ1n) is 10.3. The maximum Gasteiger partial charge on any atom is 0.327 e. The lowest BCUT2D eigenvalue weighted by molar-refractivity contribution is -0.150. The minimum Gasteiger partial charge on any atom is -0.497 e. The summed E-state index contributed by atoms with van der Waals surface area (Å²) in [4.78, 5) is 36.9. The molecular formula is C24H19N3O6S2. The van der Waals surface area contributed by atoms with Gasteiger partial charge >= 0.3 is 11.9 Å². The Kier molecular flexibility index (Phi) is 6.99. The lowest BCUT2D eigenvalue weighted by atomic mass is 10.1. The van der Waals surface area contributed by atoms with Crippen LogP contribution >= 0.6 is 24.0 Å². The Bertz CT molecular complexity index is 1340. The molecule has 2 heterocycles. The van der Waals surface area contributed by atoms with E-state index in [0.29, 0.717) is 17.0 Å². The number of ether oxygens (including phenoxy) is 1. The molecule has 3 aromatic rings. The van der Waals surface area contributed by atoms with Gasteiger partial charge in [-0.15, -0.1) is 0 Å². The molecule has 0 bridgehead atoms. The fraction of sp³-hybridized carbons (Fsp3) is 0.125. The number of para-hydroxylation sites is 1. The third kappa shape index (κ3) is 5.10. The van der Waals surface area contributed by atoms with E-state index in [4.69, 9.17) is 27.2 Å². The minimum atomic E-state index is -1.60. The average Bonchev–Trinajstić information content (AvgIpc) is 3.38. The summed E-state index contributed by atoms with van der Waals surface area (Å²) >= 11 is 6.15. The second kappa shape index (κ2) is 10.1.